The molecule has 1 aromatic heterocycles. The van der Waals surface area contributed by atoms with Gasteiger partial charge in [-0.05, 0) is 35.9 Å². The van der Waals surface area contributed by atoms with Gasteiger partial charge in [-0.1, -0.05) is 53.8 Å². The van der Waals surface area contributed by atoms with E-state index < -0.39 is 0 Å². The Bertz CT molecular complexity index is 1080. The van der Waals surface area contributed by atoms with Crippen LogP contribution in [0.4, 0.5) is 5.13 Å². The highest BCUT2D eigenvalue weighted by Gasteiger charge is 2.13. The van der Waals surface area contributed by atoms with Crippen molar-refractivity contribution in [2.75, 3.05) is 12.4 Å². The summed E-state index contributed by atoms with van der Waals surface area (Å²) in [5.74, 6) is 0.850. The zero-order valence-corrected chi connectivity index (χ0v) is 16.0. The number of methoxy groups -OCH3 is 1. The summed E-state index contributed by atoms with van der Waals surface area (Å²) >= 11 is 1.44. The zero-order chi connectivity index (χ0) is 19.3. The molecule has 28 heavy (non-hydrogen) atoms. The van der Waals surface area contributed by atoms with E-state index in [2.05, 4.69) is 10.3 Å². The van der Waals surface area contributed by atoms with Gasteiger partial charge in [0.1, 0.15) is 6.61 Å². The lowest BCUT2D eigenvalue weighted by atomic mass is 10.2. The number of thiazole rings is 1. The molecule has 3 aromatic carbocycles. The standard InChI is InChI=1S/C22H18N2O3S/c1-26-19-13-16(11-12-18(19)27-14-15-7-3-2-4-8-15)21(25)24-22-23-17-9-5-6-10-20(17)28-22/h2-13H,14H2,1H3,(H,23,24,25). The van der Waals surface area contributed by atoms with E-state index in [9.17, 15) is 4.79 Å². The summed E-state index contributed by atoms with van der Waals surface area (Å²) in [4.78, 5) is 17.0. The molecule has 0 fully saturated rings. The molecular weight excluding hydrogens is 372 g/mol. The molecule has 1 N–H and O–H groups in total. The van der Waals surface area contributed by atoms with E-state index in [-0.39, 0.29) is 5.91 Å². The maximum atomic E-state index is 12.6. The van der Waals surface area contributed by atoms with Gasteiger partial charge in [-0.15, -0.1) is 0 Å². The molecule has 4 rings (SSSR count). The van der Waals surface area contributed by atoms with Crippen LogP contribution in [-0.2, 0) is 6.61 Å². The van der Waals surface area contributed by atoms with Crippen LogP contribution in [0.3, 0.4) is 0 Å². The van der Waals surface area contributed by atoms with Crippen LogP contribution >= 0.6 is 11.3 Å². The van der Waals surface area contributed by atoms with Crippen molar-refractivity contribution >= 4 is 32.6 Å². The fraction of sp³-hybridized carbons (Fsp3) is 0.0909. The molecule has 0 bridgehead atoms. The average Bonchev–Trinajstić information content (AvgIpc) is 3.15. The third kappa shape index (κ3) is 3.97. The van der Waals surface area contributed by atoms with Gasteiger partial charge >= 0.3 is 0 Å². The summed E-state index contributed by atoms with van der Waals surface area (Å²) in [6, 6.07) is 22.8. The molecule has 0 aliphatic carbocycles. The Morgan fingerprint density at radius 3 is 2.57 bits per heavy atom. The van der Waals surface area contributed by atoms with Crippen molar-refractivity contribution in [3.8, 4) is 11.5 Å². The molecule has 0 aliphatic rings. The molecule has 4 aromatic rings. The monoisotopic (exact) mass is 390 g/mol. The van der Waals surface area contributed by atoms with Crippen LogP contribution in [0.5, 0.6) is 11.5 Å². The summed E-state index contributed by atoms with van der Waals surface area (Å²) in [6.45, 7) is 0.425. The molecule has 0 atom stereocenters. The molecule has 0 saturated heterocycles. The van der Waals surface area contributed by atoms with Crippen LogP contribution < -0.4 is 14.8 Å². The number of benzene rings is 3. The highest BCUT2D eigenvalue weighted by Crippen LogP contribution is 2.30. The van der Waals surface area contributed by atoms with Crippen molar-refractivity contribution in [1.82, 2.24) is 4.98 Å². The Balaban J connectivity index is 1.48. The van der Waals surface area contributed by atoms with Gasteiger partial charge in [0.2, 0.25) is 0 Å². The maximum Gasteiger partial charge on any atom is 0.257 e. The van der Waals surface area contributed by atoms with Gasteiger partial charge in [-0.25, -0.2) is 4.98 Å². The first-order valence-electron chi connectivity index (χ1n) is 8.74. The van der Waals surface area contributed by atoms with Crippen LogP contribution in [0.1, 0.15) is 15.9 Å². The number of aromatic nitrogens is 1. The number of nitrogens with one attached hydrogen (secondary N) is 1. The number of ether oxygens (including phenoxy) is 2. The Hall–Kier alpha value is -3.38. The number of anilines is 1. The third-order valence-corrected chi connectivity index (χ3v) is 5.13. The number of amides is 1. The predicted octanol–water partition coefficient (Wildman–Crippen LogP) is 5.14. The second-order valence-corrected chi connectivity index (χ2v) is 7.11. The van der Waals surface area contributed by atoms with Gasteiger partial charge in [0.05, 0.1) is 17.3 Å². The van der Waals surface area contributed by atoms with Crippen molar-refractivity contribution in [3.05, 3.63) is 83.9 Å². The van der Waals surface area contributed by atoms with E-state index >= 15 is 0 Å². The Morgan fingerprint density at radius 2 is 1.79 bits per heavy atom. The Kier molecular flexibility index (Phi) is 5.21. The van der Waals surface area contributed by atoms with E-state index in [0.29, 0.717) is 28.8 Å². The molecule has 5 nitrogen and oxygen atoms in total. The molecule has 0 unspecified atom stereocenters. The second-order valence-electron chi connectivity index (χ2n) is 6.08. The minimum absolute atomic E-state index is 0.244. The van der Waals surface area contributed by atoms with Crippen LogP contribution in [0, 0.1) is 0 Å². The normalized spacial score (nSPS) is 10.6. The maximum absolute atomic E-state index is 12.6. The summed E-state index contributed by atoms with van der Waals surface area (Å²) in [5, 5.41) is 3.41. The lowest BCUT2D eigenvalue weighted by Gasteiger charge is -2.12. The fourth-order valence-corrected chi connectivity index (χ4v) is 3.62. The van der Waals surface area contributed by atoms with Crippen LogP contribution in [0.2, 0.25) is 0 Å². The quantitative estimate of drug-likeness (QED) is 0.495. The Morgan fingerprint density at radius 1 is 1.00 bits per heavy atom. The van der Waals surface area contributed by atoms with Crippen molar-refractivity contribution in [2.24, 2.45) is 0 Å². The molecule has 0 radical (unpaired) electrons. The Labute approximate surface area is 166 Å². The molecule has 0 saturated carbocycles. The van der Waals surface area contributed by atoms with Gasteiger partial charge in [-0.2, -0.15) is 0 Å². The second kappa shape index (κ2) is 8.10. The molecule has 0 spiro atoms. The summed E-state index contributed by atoms with van der Waals surface area (Å²) in [7, 11) is 1.56. The minimum Gasteiger partial charge on any atom is -0.493 e. The van der Waals surface area contributed by atoms with Crippen molar-refractivity contribution in [2.45, 2.75) is 6.61 Å². The van der Waals surface area contributed by atoms with E-state index in [0.717, 1.165) is 15.8 Å². The highest BCUT2D eigenvalue weighted by molar-refractivity contribution is 7.22. The molecule has 1 amide bonds. The first-order chi connectivity index (χ1) is 13.7. The molecular formula is C22H18N2O3S. The summed E-state index contributed by atoms with van der Waals surface area (Å²) in [6.07, 6.45) is 0. The van der Waals surface area contributed by atoms with E-state index in [1.165, 1.54) is 11.3 Å². The number of hydrogen-bond donors (Lipinski definition) is 1. The van der Waals surface area contributed by atoms with Gasteiger partial charge in [0.15, 0.2) is 16.6 Å². The molecule has 6 heteroatoms. The van der Waals surface area contributed by atoms with Gasteiger partial charge < -0.3 is 9.47 Å². The lowest BCUT2D eigenvalue weighted by molar-refractivity contribution is 0.102. The summed E-state index contributed by atoms with van der Waals surface area (Å²) < 4.78 is 12.3. The predicted molar refractivity (Wildman–Crippen MR) is 111 cm³/mol. The van der Waals surface area contributed by atoms with Crippen molar-refractivity contribution in [1.29, 1.82) is 0 Å². The average molecular weight is 390 g/mol. The number of fused-ring (bicyclic) bond motifs is 1. The number of para-hydroxylation sites is 1. The van der Waals surface area contributed by atoms with Gasteiger partial charge in [0.25, 0.3) is 5.91 Å². The van der Waals surface area contributed by atoms with E-state index in [1.54, 1.807) is 25.3 Å². The first-order valence-corrected chi connectivity index (χ1v) is 9.56. The number of rotatable bonds is 6. The molecule has 1 heterocycles. The summed E-state index contributed by atoms with van der Waals surface area (Å²) in [5.41, 5.74) is 2.40. The molecule has 140 valence electrons. The third-order valence-electron chi connectivity index (χ3n) is 4.18. The topological polar surface area (TPSA) is 60.5 Å². The number of nitrogens with zero attached hydrogens (tertiary/aromatic N) is 1. The number of carbonyl (C=O) groups is 1. The smallest absolute Gasteiger partial charge is 0.257 e. The van der Waals surface area contributed by atoms with Gasteiger partial charge in [0, 0.05) is 5.56 Å². The SMILES string of the molecule is COc1cc(C(=O)Nc2nc3ccccc3s2)ccc1OCc1ccccc1. The van der Waals surface area contributed by atoms with E-state index in [4.69, 9.17) is 9.47 Å². The van der Waals surface area contributed by atoms with Crippen LogP contribution in [0.15, 0.2) is 72.8 Å². The minimum atomic E-state index is -0.244. The van der Waals surface area contributed by atoms with Crippen molar-refractivity contribution < 1.29 is 14.3 Å². The number of carbonyl (C=O) groups excluding carboxylic acids is 1. The van der Waals surface area contributed by atoms with Gasteiger partial charge in [-0.3, -0.25) is 10.1 Å². The van der Waals surface area contributed by atoms with Crippen LogP contribution in [-0.4, -0.2) is 18.0 Å². The fourth-order valence-electron chi connectivity index (χ4n) is 2.76. The first kappa shape index (κ1) is 18.0. The largest absolute Gasteiger partial charge is 0.493 e. The molecule has 0 aliphatic heterocycles. The van der Waals surface area contributed by atoms with E-state index in [1.807, 2.05) is 54.6 Å². The highest BCUT2D eigenvalue weighted by atomic mass is 32.1. The van der Waals surface area contributed by atoms with Crippen LogP contribution in [0.25, 0.3) is 10.2 Å². The lowest BCUT2D eigenvalue weighted by Crippen LogP contribution is -2.12. The number of hydrogen-bond acceptors (Lipinski definition) is 5. The zero-order valence-electron chi connectivity index (χ0n) is 15.2. The van der Waals surface area contributed by atoms with Crippen molar-refractivity contribution in [3.63, 3.8) is 0 Å².